The van der Waals surface area contributed by atoms with Crippen molar-refractivity contribution in [1.29, 1.82) is 0 Å². The van der Waals surface area contributed by atoms with E-state index in [4.69, 9.17) is 0 Å². The molecule has 3 rings (SSSR count). The Labute approximate surface area is 156 Å². The Morgan fingerprint density at radius 3 is 2.52 bits per heavy atom. The van der Waals surface area contributed by atoms with E-state index >= 15 is 0 Å². The summed E-state index contributed by atoms with van der Waals surface area (Å²) in [7, 11) is 2.08. The summed E-state index contributed by atoms with van der Waals surface area (Å²) in [4.78, 5) is 27.4. The van der Waals surface area contributed by atoms with Gasteiger partial charge >= 0.3 is 0 Å². The lowest BCUT2D eigenvalue weighted by molar-refractivity contribution is 0.0856. The molecule has 4 nitrogen and oxygen atoms in total. The first-order valence-corrected chi connectivity index (χ1v) is 9.22. The van der Waals surface area contributed by atoms with Gasteiger partial charge in [-0.1, -0.05) is 24.3 Å². The number of anilines is 1. The maximum Gasteiger partial charge on any atom is 0.256 e. The van der Waals surface area contributed by atoms with Crippen LogP contribution in [0.4, 0.5) is 5.69 Å². The van der Waals surface area contributed by atoms with E-state index in [0.29, 0.717) is 16.8 Å². The van der Waals surface area contributed by atoms with Crippen LogP contribution >= 0.6 is 15.9 Å². The van der Waals surface area contributed by atoms with Gasteiger partial charge in [0, 0.05) is 21.6 Å². The summed E-state index contributed by atoms with van der Waals surface area (Å²) in [5, 5.41) is 2.87. The van der Waals surface area contributed by atoms with Crippen molar-refractivity contribution in [1.82, 2.24) is 4.90 Å². The average Bonchev–Trinajstić information content (AvgIpc) is 2.62. The fraction of sp³-hybridized carbons (Fsp3) is 0.300. The van der Waals surface area contributed by atoms with Crippen LogP contribution in [0.5, 0.6) is 0 Å². The number of likely N-dealkylation sites (tertiary alicyclic amines) is 1. The second-order valence-electron chi connectivity index (χ2n) is 6.46. The zero-order valence-corrected chi connectivity index (χ0v) is 15.8. The summed E-state index contributed by atoms with van der Waals surface area (Å²) in [5.41, 5.74) is 1.87. The molecule has 2 aromatic rings. The minimum absolute atomic E-state index is 0.0745. The molecule has 0 bridgehead atoms. The van der Waals surface area contributed by atoms with E-state index in [9.17, 15) is 9.59 Å². The van der Waals surface area contributed by atoms with E-state index in [1.165, 1.54) is 0 Å². The van der Waals surface area contributed by atoms with Gasteiger partial charge in [0.2, 0.25) is 0 Å². The van der Waals surface area contributed by atoms with Crippen LogP contribution in [0, 0.1) is 5.92 Å². The van der Waals surface area contributed by atoms with Crippen molar-refractivity contribution in [3.05, 3.63) is 64.1 Å². The number of Topliss-reactive ketones (excluding diaryl/α,β-unsaturated/α-hetero) is 1. The summed E-state index contributed by atoms with van der Waals surface area (Å²) in [6.45, 7) is 1.91. The van der Waals surface area contributed by atoms with Crippen molar-refractivity contribution in [3.63, 3.8) is 0 Å². The summed E-state index contributed by atoms with van der Waals surface area (Å²) < 4.78 is 0.742. The van der Waals surface area contributed by atoms with Gasteiger partial charge in [0.05, 0.1) is 5.56 Å². The molecule has 1 N–H and O–H groups in total. The quantitative estimate of drug-likeness (QED) is 0.781. The molecule has 25 heavy (non-hydrogen) atoms. The van der Waals surface area contributed by atoms with Gasteiger partial charge in [-0.05, 0) is 73.2 Å². The first-order chi connectivity index (χ1) is 12.0. The van der Waals surface area contributed by atoms with Crippen LogP contribution < -0.4 is 5.32 Å². The number of piperidine rings is 1. The van der Waals surface area contributed by atoms with Crippen LogP contribution in [-0.4, -0.2) is 36.7 Å². The highest BCUT2D eigenvalue weighted by atomic mass is 79.9. The maximum atomic E-state index is 12.7. The molecule has 0 radical (unpaired) electrons. The zero-order valence-electron chi connectivity index (χ0n) is 14.2. The topological polar surface area (TPSA) is 49.4 Å². The second kappa shape index (κ2) is 7.93. The molecule has 0 aliphatic carbocycles. The van der Waals surface area contributed by atoms with Gasteiger partial charge in [-0.3, -0.25) is 9.59 Å². The highest BCUT2D eigenvalue weighted by Crippen LogP contribution is 2.23. The summed E-state index contributed by atoms with van der Waals surface area (Å²) in [5.74, 6) is 0.0480. The third kappa shape index (κ3) is 4.35. The Kier molecular flexibility index (Phi) is 5.66. The number of hydrogen-bond donors (Lipinski definition) is 1. The van der Waals surface area contributed by atoms with E-state index in [0.717, 1.165) is 30.4 Å². The minimum Gasteiger partial charge on any atom is -0.322 e. The van der Waals surface area contributed by atoms with E-state index in [-0.39, 0.29) is 17.6 Å². The zero-order chi connectivity index (χ0) is 17.8. The molecule has 2 aromatic carbocycles. The molecule has 1 heterocycles. The monoisotopic (exact) mass is 400 g/mol. The molecule has 0 spiro atoms. The smallest absolute Gasteiger partial charge is 0.256 e. The number of rotatable bonds is 4. The van der Waals surface area contributed by atoms with Crippen molar-refractivity contribution in [3.8, 4) is 0 Å². The molecule has 0 atom stereocenters. The van der Waals surface area contributed by atoms with Crippen LogP contribution in [0.1, 0.15) is 33.6 Å². The van der Waals surface area contributed by atoms with E-state index in [1.54, 1.807) is 18.2 Å². The fourth-order valence-electron chi connectivity index (χ4n) is 3.10. The molecule has 1 amide bonds. The van der Waals surface area contributed by atoms with Crippen LogP contribution in [0.2, 0.25) is 0 Å². The number of benzene rings is 2. The lowest BCUT2D eigenvalue weighted by atomic mass is 9.89. The SMILES string of the molecule is CN1CCC(C(=O)c2cccc(NC(=O)c3ccccc3Br)c2)CC1. The van der Waals surface area contributed by atoms with E-state index < -0.39 is 0 Å². The Morgan fingerprint density at radius 1 is 1.08 bits per heavy atom. The van der Waals surface area contributed by atoms with Gasteiger partial charge in [0.15, 0.2) is 5.78 Å². The van der Waals surface area contributed by atoms with Gasteiger partial charge in [-0.2, -0.15) is 0 Å². The largest absolute Gasteiger partial charge is 0.322 e. The minimum atomic E-state index is -0.198. The first kappa shape index (κ1) is 17.8. The number of nitrogens with one attached hydrogen (secondary N) is 1. The number of carbonyl (C=O) groups is 2. The molecule has 1 fully saturated rings. The lowest BCUT2D eigenvalue weighted by Gasteiger charge is -2.28. The molecule has 1 aliphatic rings. The van der Waals surface area contributed by atoms with Gasteiger partial charge in [0.25, 0.3) is 5.91 Å². The lowest BCUT2D eigenvalue weighted by Crippen LogP contribution is -2.33. The predicted octanol–water partition coefficient (Wildman–Crippen LogP) is 4.23. The number of carbonyl (C=O) groups excluding carboxylic acids is 2. The number of ketones is 1. The van der Waals surface area contributed by atoms with Crippen LogP contribution in [0.15, 0.2) is 53.0 Å². The molecule has 1 aliphatic heterocycles. The Bertz CT molecular complexity index is 783. The highest BCUT2D eigenvalue weighted by Gasteiger charge is 2.24. The molecular formula is C20H21BrN2O2. The summed E-state index contributed by atoms with van der Waals surface area (Å²) in [6.07, 6.45) is 1.78. The number of amides is 1. The molecule has 0 saturated carbocycles. The number of nitrogens with zero attached hydrogens (tertiary/aromatic N) is 1. The second-order valence-corrected chi connectivity index (χ2v) is 7.31. The molecular weight excluding hydrogens is 380 g/mol. The van der Waals surface area contributed by atoms with E-state index in [2.05, 4.69) is 33.2 Å². The van der Waals surface area contributed by atoms with Crippen molar-refractivity contribution in [2.24, 2.45) is 5.92 Å². The Balaban J connectivity index is 1.72. The number of hydrogen-bond acceptors (Lipinski definition) is 3. The highest BCUT2D eigenvalue weighted by molar-refractivity contribution is 9.10. The first-order valence-electron chi connectivity index (χ1n) is 8.43. The normalized spacial score (nSPS) is 15.8. The Morgan fingerprint density at radius 2 is 1.80 bits per heavy atom. The maximum absolute atomic E-state index is 12.7. The van der Waals surface area contributed by atoms with Crippen molar-refractivity contribution >= 4 is 33.3 Å². The molecule has 5 heteroatoms. The average molecular weight is 401 g/mol. The van der Waals surface area contributed by atoms with Crippen LogP contribution in [0.3, 0.4) is 0 Å². The van der Waals surface area contributed by atoms with Crippen molar-refractivity contribution in [2.75, 3.05) is 25.5 Å². The van der Waals surface area contributed by atoms with Crippen molar-refractivity contribution in [2.45, 2.75) is 12.8 Å². The summed E-state index contributed by atoms with van der Waals surface area (Å²) >= 11 is 3.39. The molecule has 0 aromatic heterocycles. The van der Waals surface area contributed by atoms with Gasteiger partial charge < -0.3 is 10.2 Å². The molecule has 1 saturated heterocycles. The third-order valence-corrected chi connectivity index (χ3v) is 5.30. The van der Waals surface area contributed by atoms with Crippen LogP contribution in [0.25, 0.3) is 0 Å². The molecule has 0 unspecified atom stereocenters. The third-order valence-electron chi connectivity index (χ3n) is 4.61. The van der Waals surface area contributed by atoms with Crippen LogP contribution in [-0.2, 0) is 0 Å². The van der Waals surface area contributed by atoms with Gasteiger partial charge in [-0.25, -0.2) is 0 Å². The standard InChI is InChI=1S/C20H21BrN2O2/c1-23-11-9-14(10-12-23)19(24)15-5-4-6-16(13-15)22-20(25)17-7-2-3-8-18(17)21/h2-8,13-14H,9-12H2,1H3,(H,22,25). The number of halogens is 1. The fourth-order valence-corrected chi connectivity index (χ4v) is 3.57. The van der Waals surface area contributed by atoms with Crippen molar-refractivity contribution < 1.29 is 9.59 Å². The summed E-state index contributed by atoms with van der Waals surface area (Å²) in [6, 6.07) is 14.5. The van der Waals surface area contributed by atoms with E-state index in [1.807, 2.05) is 30.3 Å². The predicted molar refractivity (Wildman–Crippen MR) is 103 cm³/mol. The van der Waals surface area contributed by atoms with Gasteiger partial charge in [0.1, 0.15) is 0 Å². The molecule has 130 valence electrons. The Hall–Kier alpha value is -1.98. The van der Waals surface area contributed by atoms with Gasteiger partial charge in [-0.15, -0.1) is 0 Å².